The van der Waals surface area contributed by atoms with Gasteiger partial charge in [-0.1, -0.05) is 0 Å². The maximum atomic E-state index is 11.9. The number of hydroxylamine groups is 2. The van der Waals surface area contributed by atoms with Crippen LogP contribution in [0.2, 0.25) is 0 Å². The first-order valence-electron chi connectivity index (χ1n) is 6.87. The molecule has 120 valence electrons. The fraction of sp³-hybridized carbons (Fsp3) is 0.615. The summed E-state index contributed by atoms with van der Waals surface area (Å²) in [5.74, 6) is -2.29. The molecule has 2 heterocycles. The van der Waals surface area contributed by atoms with E-state index in [1.54, 1.807) is 6.26 Å². The Kier molecular flexibility index (Phi) is 5.17. The number of hydrogen-bond acceptors (Lipinski definition) is 7. The molecule has 4 amide bonds. The molecule has 22 heavy (non-hydrogen) atoms. The Morgan fingerprint density at radius 2 is 1.82 bits per heavy atom. The molecule has 0 aromatic rings. The monoisotopic (exact) mass is 328 g/mol. The second-order valence-corrected chi connectivity index (χ2v) is 6.00. The van der Waals surface area contributed by atoms with Crippen molar-refractivity contribution in [1.82, 2.24) is 9.96 Å². The summed E-state index contributed by atoms with van der Waals surface area (Å²) in [5, 5.41) is 0.136. The van der Waals surface area contributed by atoms with Gasteiger partial charge in [-0.25, -0.2) is 4.79 Å². The number of thioether (sulfide) groups is 1. The van der Waals surface area contributed by atoms with Crippen molar-refractivity contribution >= 4 is 41.4 Å². The van der Waals surface area contributed by atoms with E-state index in [1.165, 1.54) is 11.8 Å². The van der Waals surface area contributed by atoms with Gasteiger partial charge in [-0.05, 0) is 12.7 Å². The molecular formula is C13H16N2O6S. The van der Waals surface area contributed by atoms with Gasteiger partial charge in [0.15, 0.2) is 0 Å². The second kappa shape index (κ2) is 6.91. The van der Waals surface area contributed by atoms with Crippen LogP contribution in [0.15, 0.2) is 0 Å². The van der Waals surface area contributed by atoms with Crippen molar-refractivity contribution < 1.29 is 28.8 Å². The quantitative estimate of drug-likeness (QED) is 0.626. The van der Waals surface area contributed by atoms with Crippen LogP contribution in [0.25, 0.3) is 0 Å². The van der Waals surface area contributed by atoms with Crippen LogP contribution >= 0.6 is 11.8 Å². The third kappa shape index (κ3) is 3.46. The summed E-state index contributed by atoms with van der Waals surface area (Å²) in [6, 6.07) is 0. The van der Waals surface area contributed by atoms with Crippen LogP contribution in [-0.4, -0.2) is 57.6 Å². The van der Waals surface area contributed by atoms with Gasteiger partial charge in [0, 0.05) is 32.2 Å². The van der Waals surface area contributed by atoms with Gasteiger partial charge in [0.2, 0.25) is 11.8 Å². The number of imide groups is 2. The molecule has 0 radical (unpaired) electrons. The van der Waals surface area contributed by atoms with E-state index in [4.69, 9.17) is 4.84 Å². The van der Waals surface area contributed by atoms with Gasteiger partial charge in [0.1, 0.15) is 0 Å². The summed E-state index contributed by atoms with van der Waals surface area (Å²) >= 11 is 1.32. The molecule has 0 aromatic carbocycles. The van der Waals surface area contributed by atoms with Gasteiger partial charge < -0.3 is 4.84 Å². The molecule has 2 aliphatic heterocycles. The van der Waals surface area contributed by atoms with E-state index in [0.29, 0.717) is 5.06 Å². The summed E-state index contributed by atoms with van der Waals surface area (Å²) in [7, 11) is 0. The van der Waals surface area contributed by atoms with E-state index in [0.717, 1.165) is 4.90 Å². The highest BCUT2D eigenvalue weighted by Crippen LogP contribution is 2.23. The first kappa shape index (κ1) is 16.5. The lowest BCUT2D eigenvalue weighted by Gasteiger charge is -2.15. The van der Waals surface area contributed by atoms with E-state index >= 15 is 0 Å². The topological polar surface area (TPSA) is 101 Å². The predicted octanol–water partition coefficient (Wildman–Crippen LogP) is -0.136. The molecule has 1 unspecified atom stereocenters. The summed E-state index contributed by atoms with van der Waals surface area (Å²) in [6.07, 6.45) is 2.17. The fourth-order valence-electron chi connectivity index (χ4n) is 2.26. The molecule has 2 rings (SSSR count). The minimum Gasteiger partial charge on any atom is -0.330 e. The molecule has 0 N–H and O–H groups in total. The molecule has 0 bridgehead atoms. The number of likely N-dealkylation sites (tertiary alicyclic amines) is 1. The summed E-state index contributed by atoms with van der Waals surface area (Å²) in [5.41, 5.74) is 0. The lowest BCUT2D eigenvalue weighted by molar-refractivity contribution is -0.197. The van der Waals surface area contributed by atoms with Crippen LogP contribution in [0.3, 0.4) is 0 Å². The van der Waals surface area contributed by atoms with Crippen molar-refractivity contribution in [3.8, 4) is 0 Å². The second-order valence-electron chi connectivity index (χ2n) is 4.96. The highest BCUT2D eigenvalue weighted by Gasteiger charge is 2.37. The third-order valence-corrected chi connectivity index (χ3v) is 4.39. The minimum absolute atomic E-state index is 0.0406. The van der Waals surface area contributed by atoms with Gasteiger partial charge in [-0.15, -0.1) is 5.06 Å². The highest BCUT2D eigenvalue weighted by molar-refractivity contribution is 8.00. The number of carbonyl (C=O) groups excluding carboxylic acids is 5. The van der Waals surface area contributed by atoms with Crippen LogP contribution in [0.5, 0.6) is 0 Å². The predicted molar refractivity (Wildman–Crippen MR) is 75.1 cm³/mol. The van der Waals surface area contributed by atoms with Crippen LogP contribution < -0.4 is 0 Å². The minimum atomic E-state index is -0.732. The fourth-order valence-corrected chi connectivity index (χ4v) is 2.90. The standard InChI is InChI=1S/C13H16N2O6S/c1-22-8-7-11(18)14(13(8)20)6-2-3-12(19)21-15-9(16)4-5-10(15)17/h8H,2-7H2,1H3. The average Bonchev–Trinajstić information content (AvgIpc) is 2.94. The van der Waals surface area contributed by atoms with Crippen molar-refractivity contribution in [2.75, 3.05) is 12.8 Å². The van der Waals surface area contributed by atoms with Crippen LogP contribution in [-0.2, 0) is 28.8 Å². The van der Waals surface area contributed by atoms with Gasteiger partial charge in [0.05, 0.1) is 5.25 Å². The molecule has 0 spiro atoms. The molecule has 2 fully saturated rings. The largest absolute Gasteiger partial charge is 0.333 e. The SMILES string of the molecule is CSC1CC(=O)N(CCCC(=O)ON2C(=O)CCC2=O)C1=O. The van der Waals surface area contributed by atoms with E-state index in [2.05, 4.69) is 0 Å². The molecule has 0 aliphatic carbocycles. The lowest BCUT2D eigenvalue weighted by Crippen LogP contribution is -2.34. The Morgan fingerprint density at radius 3 is 2.36 bits per heavy atom. The number of nitrogens with zero attached hydrogens (tertiary/aromatic N) is 2. The third-order valence-electron chi connectivity index (χ3n) is 3.45. The zero-order valence-electron chi connectivity index (χ0n) is 12.1. The molecule has 0 aromatic heterocycles. The number of carbonyl (C=O) groups is 5. The van der Waals surface area contributed by atoms with E-state index in [-0.39, 0.29) is 55.7 Å². The molecule has 0 saturated carbocycles. The van der Waals surface area contributed by atoms with Crippen molar-refractivity contribution in [3.63, 3.8) is 0 Å². The molecule has 9 heteroatoms. The van der Waals surface area contributed by atoms with Crippen molar-refractivity contribution in [2.24, 2.45) is 0 Å². The zero-order chi connectivity index (χ0) is 16.3. The van der Waals surface area contributed by atoms with Gasteiger partial charge in [-0.2, -0.15) is 11.8 Å². The molecule has 1 atom stereocenters. The molecule has 8 nitrogen and oxygen atoms in total. The van der Waals surface area contributed by atoms with E-state index in [1.807, 2.05) is 0 Å². The van der Waals surface area contributed by atoms with Crippen molar-refractivity contribution in [1.29, 1.82) is 0 Å². The van der Waals surface area contributed by atoms with Gasteiger partial charge in [0.25, 0.3) is 11.8 Å². The van der Waals surface area contributed by atoms with E-state index < -0.39 is 17.8 Å². The number of amides is 4. The van der Waals surface area contributed by atoms with Crippen molar-refractivity contribution in [2.45, 2.75) is 37.4 Å². The van der Waals surface area contributed by atoms with Gasteiger partial charge in [-0.3, -0.25) is 24.1 Å². The lowest BCUT2D eigenvalue weighted by atomic mass is 10.3. The highest BCUT2D eigenvalue weighted by atomic mass is 32.2. The first-order valence-corrected chi connectivity index (χ1v) is 8.16. The van der Waals surface area contributed by atoms with Crippen LogP contribution in [0.4, 0.5) is 0 Å². The van der Waals surface area contributed by atoms with Crippen LogP contribution in [0, 0.1) is 0 Å². The Hall–Kier alpha value is -1.90. The van der Waals surface area contributed by atoms with Crippen molar-refractivity contribution in [3.05, 3.63) is 0 Å². The Bertz CT molecular complexity index is 519. The van der Waals surface area contributed by atoms with Gasteiger partial charge >= 0.3 is 5.97 Å². The Balaban J connectivity index is 1.75. The number of rotatable bonds is 6. The maximum Gasteiger partial charge on any atom is 0.333 e. The zero-order valence-corrected chi connectivity index (χ0v) is 12.9. The maximum absolute atomic E-state index is 11.9. The van der Waals surface area contributed by atoms with Crippen LogP contribution in [0.1, 0.15) is 32.1 Å². The Morgan fingerprint density at radius 1 is 1.18 bits per heavy atom. The smallest absolute Gasteiger partial charge is 0.330 e. The first-order chi connectivity index (χ1) is 10.4. The molecule has 2 aliphatic rings. The summed E-state index contributed by atoms with van der Waals surface area (Å²) in [6.45, 7) is 0.131. The normalized spacial score (nSPS) is 22.0. The molecular weight excluding hydrogens is 312 g/mol. The number of hydrogen-bond donors (Lipinski definition) is 0. The Labute approximate surface area is 131 Å². The summed E-state index contributed by atoms with van der Waals surface area (Å²) in [4.78, 5) is 63.5. The average molecular weight is 328 g/mol. The summed E-state index contributed by atoms with van der Waals surface area (Å²) < 4.78 is 0. The van der Waals surface area contributed by atoms with E-state index in [9.17, 15) is 24.0 Å². The molecule has 2 saturated heterocycles.